The first-order valence-corrected chi connectivity index (χ1v) is 6.01. The van der Waals surface area contributed by atoms with Gasteiger partial charge in [0.15, 0.2) is 0 Å². The molecule has 5 heteroatoms. The fraction of sp³-hybridized carbons (Fsp3) is 0.182. The highest BCUT2D eigenvalue weighted by Crippen LogP contribution is 2.29. The van der Waals surface area contributed by atoms with E-state index in [0.29, 0.717) is 10.8 Å². The van der Waals surface area contributed by atoms with Gasteiger partial charge in [-0.3, -0.25) is 0 Å². The highest BCUT2D eigenvalue weighted by atomic mass is 35.5. The molecule has 0 amide bonds. The molecule has 84 valence electrons. The molecule has 0 spiro atoms. The molecule has 1 unspecified atom stereocenters. The van der Waals surface area contributed by atoms with Crippen LogP contribution in [-0.4, -0.2) is 12.1 Å². The van der Waals surface area contributed by atoms with Crippen LogP contribution in [0.4, 0.5) is 0 Å². The Labute approximate surface area is 103 Å². The first-order chi connectivity index (χ1) is 7.72. The Morgan fingerprint density at radius 1 is 1.50 bits per heavy atom. The second-order valence-corrected chi connectivity index (χ2v) is 4.41. The molecule has 0 aliphatic rings. The summed E-state index contributed by atoms with van der Waals surface area (Å²) in [7, 11) is 1.58. The Kier molecular flexibility index (Phi) is 3.43. The summed E-state index contributed by atoms with van der Waals surface area (Å²) in [5, 5.41) is 2.52. The Bertz CT molecular complexity index is 473. The van der Waals surface area contributed by atoms with Crippen LogP contribution in [0.1, 0.15) is 17.3 Å². The van der Waals surface area contributed by atoms with E-state index in [1.807, 2.05) is 17.5 Å². The van der Waals surface area contributed by atoms with E-state index >= 15 is 0 Å². The van der Waals surface area contributed by atoms with E-state index < -0.39 is 0 Å². The zero-order chi connectivity index (χ0) is 11.5. The molecule has 3 nitrogen and oxygen atoms in total. The van der Waals surface area contributed by atoms with Crippen LogP contribution >= 0.6 is 22.9 Å². The van der Waals surface area contributed by atoms with Crippen molar-refractivity contribution in [3.63, 3.8) is 0 Å². The fourth-order valence-corrected chi connectivity index (χ4v) is 2.20. The Morgan fingerprint density at radius 2 is 2.31 bits per heavy atom. The average molecular weight is 255 g/mol. The molecule has 1 heterocycles. The molecule has 2 N–H and O–H groups in total. The van der Waals surface area contributed by atoms with Crippen molar-refractivity contribution in [3.05, 3.63) is 45.4 Å². The van der Waals surface area contributed by atoms with Crippen molar-refractivity contribution < 1.29 is 4.74 Å². The minimum atomic E-state index is -0.239. The lowest BCUT2D eigenvalue weighted by Crippen LogP contribution is -2.12. The summed E-state index contributed by atoms with van der Waals surface area (Å²) >= 11 is 7.47. The Morgan fingerprint density at radius 3 is 2.94 bits per heavy atom. The van der Waals surface area contributed by atoms with Gasteiger partial charge in [0.25, 0.3) is 0 Å². The standard InChI is InChI=1S/C11H11ClN2OS/c1-15-10-4-7(2-3-8(10)12)11(13)9-5-16-6-14-9/h2-6,11H,13H2,1H3. The van der Waals surface area contributed by atoms with Crippen LogP contribution in [0.25, 0.3) is 0 Å². The van der Waals surface area contributed by atoms with E-state index in [1.54, 1.807) is 18.7 Å². The molecule has 0 radical (unpaired) electrons. The Balaban J connectivity index is 2.34. The maximum absolute atomic E-state index is 6.08. The quantitative estimate of drug-likeness (QED) is 0.916. The van der Waals surface area contributed by atoms with Crippen molar-refractivity contribution in [2.24, 2.45) is 5.73 Å². The molecular weight excluding hydrogens is 244 g/mol. The molecule has 0 bridgehead atoms. The number of nitrogens with two attached hydrogens (primary N) is 1. The summed E-state index contributed by atoms with van der Waals surface area (Å²) in [5.74, 6) is 0.629. The maximum Gasteiger partial charge on any atom is 0.137 e. The highest BCUT2D eigenvalue weighted by molar-refractivity contribution is 7.07. The highest BCUT2D eigenvalue weighted by Gasteiger charge is 2.12. The van der Waals surface area contributed by atoms with Crippen LogP contribution < -0.4 is 10.5 Å². The van der Waals surface area contributed by atoms with Crippen molar-refractivity contribution >= 4 is 22.9 Å². The fourth-order valence-electron chi connectivity index (χ4n) is 1.42. The second kappa shape index (κ2) is 4.82. The van der Waals surface area contributed by atoms with Gasteiger partial charge < -0.3 is 10.5 Å². The molecule has 1 aromatic carbocycles. The summed E-state index contributed by atoms with van der Waals surface area (Å²) < 4.78 is 5.15. The summed E-state index contributed by atoms with van der Waals surface area (Å²) in [6.45, 7) is 0. The van der Waals surface area contributed by atoms with E-state index in [2.05, 4.69) is 4.98 Å². The van der Waals surface area contributed by atoms with E-state index in [4.69, 9.17) is 22.1 Å². The van der Waals surface area contributed by atoms with Crippen LogP contribution in [0.5, 0.6) is 5.75 Å². The van der Waals surface area contributed by atoms with Crippen LogP contribution in [-0.2, 0) is 0 Å². The number of rotatable bonds is 3. The maximum atomic E-state index is 6.08. The Hall–Kier alpha value is -1.10. The summed E-state index contributed by atoms with van der Waals surface area (Å²) in [4.78, 5) is 4.19. The van der Waals surface area contributed by atoms with Crippen LogP contribution in [0, 0.1) is 0 Å². The lowest BCUT2D eigenvalue weighted by atomic mass is 10.1. The normalized spacial score (nSPS) is 12.4. The van der Waals surface area contributed by atoms with Gasteiger partial charge in [0.05, 0.1) is 29.4 Å². The number of nitrogens with zero attached hydrogens (tertiary/aromatic N) is 1. The van der Waals surface area contributed by atoms with Gasteiger partial charge in [0.2, 0.25) is 0 Å². The third kappa shape index (κ3) is 2.19. The third-order valence-corrected chi connectivity index (χ3v) is 3.22. The number of methoxy groups -OCH3 is 1. The molecule has 1 aromatic heterocycles. The molecule has 0 aliphatic heterocycles. The van der Waals surface area contributed by atoms with Gasteiger partial charge >= 0.3 is 0 Å². The molecule has 16 heavy (non-hydrogen) atoms. The first kappa shape index (κ1) is 11.4. The van der Waals surface area contributed by atoms with Crippen LogP contribution in [0.3, 0.4) is 0 Å². The van der Waals surface area contributed by atoms with Crippen molar-refractivity contribution in [2.45, 2.75) is 6.04 Å². The third-order valence-electron chi connectivity index (χ3n) is 2.30. The number of thiazole rings is 1. The van der Waals surface area contributed by atoms with Crippen LogP contribution in [0.15, 0.2) is 29.1 Å². The monoisotopic (exact) mass is 254 g/mol. The molecule has 2 rings (SSSR count). The van der Waals surface area contributed by atoms with Crippen molar-refractivity contribution in [1.82, 2.24) is 4.98 Å². The van der Waals surface area contributed by atoms with Gasteiger partial charge in [-0.1, -0.05) is 17.7 Å². The van der Waals surface area contributed by atoms with Crippen molar-refractivity contribution in [2.75, 3.05) is 7.11 Å². The second-order valence-electron chi connectivity index (χ2n) is 3.28. The molecular formula is C11H11ClN2OS. The molecule has 0 saturated heterocycles. The van der Waals surface area contributed by atoms with Gasteiger partial charge in [-0.25, -0.2) is 4.98 Å². The number of hydrogen-bond acceptors (Lipinski definition) is 4. The minimum Gasteiger partial charge on any atom is -0.495 e. The number of hydrogen-bond donors (Lipinski definition) is 1. The zero-order valence-electron chi connectivity index (χ0n) is 8.68. The topological polar surface area (TPSA) is 48.1 Å². The first-order valence-electron chi connectivity index (χ1n) is 4.69. The van der Waals surface area contributed by atoms with Gasteiger partial charge in [0.1, 0.15) is 5.75 Å². The van der Waals surface area contributed by atoms with Gasteiger partial charge in [-0.05, 0) is 17.7 Å². The molecule has 0 aliphatic carbocycles. The van der Waals surface area contributed by atoms with Gasteiger partial charge in [0, 0.05) is 5.38 Å². The van der Waals surface area contributed by atoms with E-state index in [1.165, 1.54) is 11.3 Å². The summed E-state index contributed by atoms with van der Waals surface area (Å²) in [5.41, 5.74) is 9.64. The summed E-state index contributed by atoms with van der Waals surface area (Å²) in [6, 6.07) is 5.26. The molecule has 0 saturated carbocycles. The average Bonchev–Trinajstić information content (AvgIpc) is 2.82. The number of ether oxygens (including phenoxy) is 1. The zero-order valence-corrected chi connectivity index (χ0v) is 10.3. The van der Waals surface area contributed by atoms with E-state index in [9.17, 15) is 0 Å². The predicted molar refractivity (Wildman–Crippen MR) is 66.1 cm³/mol. The number of halogens is 1. The van der Waals surface area contributed by atoms with E-state index in [0.717, 1.165) is 11.3 Å². The van der Waals surface area contributed by atoms with Crippen molar-refractivity contribution in [3.8, 4) is 5.75 Å². The number of benzene rings is 1. The molecule has 1 atom stereocenters. The largest absolute Gasteiger partial charge is 0.495 e. The minimum absolute atomic E-state index is 0.239. The van der Waals surface area contributed by atoms with Gasteiger partial charge in [-0.2, -0.15) is 0 Å². The van der Waals surface area contributed by atoms with Crippen LogP contribution in [0.2, 0.25) is 5.02 Å². The lowest BCUT2D eigenvalue weighted by Gasteiger charge is -2.11. The molecule has 2 aromatic rings. The number of aromatic nitrogens is 1. The van der Waals surface area contributed by atoms with E-state index in [-0.39, 0.29) is 6.04 Å². The molecule has 0 fully saturated rings. The summed E-state index contributed by atoms with van der Waals surface area (Å²) in [6.07, 6.45) is 0. The SMILES string of the molecule is COc1cc(C(N)c2cscn2)ccc1Cl. The predicted octanol–water partition coefficient (Wildman–Crippen LogP) is 2.85. The smallest absolute Gasteiger partial charge is 0.137 e. The van der Waals surface area contributed by atoms with Gasteiger partial charge in [-0.15, -0.1) is 11.3 Å². The van der Waals surface area contributed by atoms with Crippen molar-refractivity contribution in [1.29, 1.82) is 0 Å². The lowest BCUT2D eigenvalue weighted by molar-refractivity contribution is 0.414.